The Morgan fingerprint density at radius 3 is 2.92 bits per heavy atom. The SMILES string of the molecule is Brc1cscc1CCc1cnc[nH]1. The largest absolute Gasteiger partial charge is 0.348 e. The van der Waals surface area contributed by atoms with Gasteiger partial charge in [0.05, 0.1) is 6.33 Å². The second kappa shape index (κ2) is 4.07. The van der Waals surface area contributed by atoms with Crippen molar-refractivity contribution in [3.8, 4) is 0 Å². The van der Waals surface area contributed by atoms with Gasteiger partial charge in [0.1, 0.15) is 0 Å². The minimum Gasteiger partial charge on any atom is -0.348 e. The lowest BCUT2D eigenvalue weighted by Gasteiger charge is -1.96. The summed E-state index contributed by atoms with van der Waals surface area (Å²) in [5.74, 6) is 0. The molecule has 0 aliphatic heterocycles. The molecule has 0 aromatic carbocycles. The van der Waals surface area contributed by atoms with Crippen LogP contribution in [0.3, 0.4) is 0 Å². The molecule has 2 aromatic heterocycles. The van der Waals surface area contributed by atoms with Crippen molar-refractivity contribution in [1.82, 2.24) is 9.97 Å². The molecule has 4 heteroatoms. The number of nitrogens with zero attached hydrogens (tertiary/aromatic N) is 1. The zero-order valence-electron chi connectivity index (χ0n) is 6.96. The molecule has 0 amide bonds. The molecule has 0 saturated carbocycles. The van der Waals surface area contributed by atoms with Gasteiger partial charge in [-0.05, 0) is 39.7 Å². The summed E-state index contributed by atoms with van der Waals surface area (Å²) < 4.78 is 1.22. The molecule has 0 aliphatic carbocycles. The molecule has 0 saturated heterocycles. The molecule has 0 atom stereocenters. The van der Waals surface area contributed by atoms with Crippen molar-refractivity contribution in [1.29, 1.82) is 0 Å². The molecule has 1 N–H and O–H groups in total. The second-order valence-electron chi connectivity index (χ2n) is 2.82. The number of hydrogen-bond acceptors (Lipinski definition) is 2. The molecular weight excluding hydrogens is 248 g/mol. The maximum atomic E-state index is 3.98. The van der Waals surface area contributed by atoms with Crippen LogP contribution >= 0.6 is 27.3 Å². The van der Waals surface area contributed by atoms with Crippen LogP contribution in [0.1, 0.15) is 11.3 Å². The summed E-state index contributed by atoms with van der Waals surface area (Å²) in [6, 6.07) is 0. The monoisotopic (exact) mass is 256 g/mol. The van der Waals surface area contributed by atoms with Gasteiger partial charge in [0, 0.05) is 21.7 Å². The number of aromatic nitrogens is 2. The van der Waals surface area contributed by atoms with Crippen LogP contribution in [0, 0.1) is 0 Å². The number of halogens is 1. The number of nitrogens with one attached hydrogen (secondary N) is 1. The first-order valence-corrected chi connectivity index (χ1v) is 5.77. The van der Waals surface area contributed by atoms with Gasteiger partial charge in [0.2, 0.25) is 0 Å². The zero-order chi connectivity index (χ0) is 9.10. The third-order valence-electron chi connectivity index (χ3n) is 1.91. The van der Waals surface area contributed by atoms with Crippen LogP contribution in [0.15, 0.2) is 27.8 Å². The van der Waals surface area contributed by atoms with Crippen molar-refractivity contribution in [2.45, 2.75) is 12.8 Å². The van der Waals surface area contributed by atoms with E-state index in [1.54, 1.807) is 17.7 Å². The molecule has 0 bridgehead atoms. The molecule has 2 heterocycles. The highest BCUT2D eigenvalue weighted by atomic mass is 79.9. The van der Waals surface area contributed by atoms with Gasteiger partial charge in [0.15, 0.2) is 0 Å². The third kappa shape index (κ3) is 2.19. The summed E-state index contributed by atoms with van der Waals surface area (Å²) in [5.41, 5.74) is 2.57. The highest BCUT2D eigenvalue weighted by molar-refractivity contribution is 9.10. The van der Waals surface area contributed by atoms with Crippen LogP contribution in [0.4, 0.5) is 0 Å². The van der Waals surface area contributed by atoms with E-state index in [4.69, 9.17) is 0 Å². The zero-order valence-corrected chi connectivity index (χ0v) is 9.36. The van der Waals surface area contributed by atoms with E-state index in [0.717, 1.165) is 12.8 Å². The number of H-pyrrole nitrogens is 1. The number of thiophene rings is 1. The predicted molar refractivity (Wildman–Crippen MR) is 58.0 cm³/mol. The fraction of sp³-hybridized carbons (Fsp3) is 0.222. The average molecular weight is 257 g/mol. The van der Waals surface area contributed by atoms with Crippen molar-refractivity contribution in [2.75, 3.05) is 0 Å². The lowest BCUT2D eigenvalue weighted by molar-refractivity contribution is 0.926. The Balaban J connectivity index is 1.97. The first-order valence-electron chi connectivity index (χ1n) is 4.04. The summed E-state index contributed by atoms with van der Waals surface area (Å²) >= 11 is 5.25. The lowest BCUT2D eigenvalue weighted by atomic mass is 10.1. The Morgan fingerprint density at radius 2 is 2.31 bits per heavy atom. The summed E-state index contributed by atoms with van der Waals surface area (Å²) in [5, 5.41) is 4.29. The molecular formula is C9H9BrN2S. The molecule has 0 spiro atoms. The number of rotatable bonds is 3. The highest BCUT2D eigenvalue weighted by Gasteiger charge is 2.01. The van der Waals surface area contributed by atoms with Gasteiger partial charge >= 0.3 is 0 Å². The summed E-state index contributed by atoms with van der Waals surface area (Å²) in [7, 11) is 0. The van der Waals surface area contributed by atoms with Crippen LogP contribution in [-0.2, 0) is 12.8 Å². The van der Waals surface area contributed by atoms with E-state index in [2.05, 4.69) is 36.7 Å². The Morgan fingerprint density at radius 1 is 1.38 bits per heavy atom. The first-order chi connectivity index (χ1) is 6.36. The van der Waals surface area contributed by atoms with Gasteiger partial charge in [-0.1, -0.05) is 0 Å². The maximum absolute atomic E-state index is 3.98. The number of aromatic amines is 1. The Labute approximate surface area is 89.2 Å². The van der Waals surface area contributed by atoms with Crippen molar-refractivity contribution in [2.24, 2.45) is 0 Å². The standard InChI is InChI=1S/C9H9BrN2S/c10-9-5-13-4-7(9)1-2-8-3-11-6-12-8/h3-6H,1-2H2,(H,11,12). The van der Waals surface area contributed by atoms with Gasteiger partial charge in [-0.3, -0.25) is 0 Å². The van der Waals surface area contributed by atoms with E-state index in [9.17, 15) is 0 Å². The second-order valence-corrected chi connectivity index (χ2v) is 4.42. The number of hydrogen-bond donors (Lipinski definition) is 1. The summed E-state index contributed by atoms with van der Waals surface area (Å²) in [4.78, 5) is 7.08. The maximum Gasteiger partial charge on any atom is 0.0921 e. The third-order valence-corrected chi connectivity index (χ3v) is 3.74. The lowest BCUT2D eigenvalue weighted by Crippen LogP contribution is -1.89. The van der Waals surface area contributed by atoms with Crippen LogP contribution < -0.4 is 0 Å². The predicted octanol–water partition coefficient (Wildman–Crippen LogP) is 3.02. The minimum atomic E-state index is 1.02. The van der Waals surface area contributed by atoms with E-state index < -0.39 is 0 Å². The van der Waals surface area contributed by atoms with E-state index in [-0.39, 0.29) is 0 Å². The van der Waals surface area contributed by atoms with E-state index in [0.29, 0.717) is 0 Å². The summed E-state index contributed by atoms with van der Waals surface area (Å²) in [6.07, 6.45) is 5.68. The van der Waals surface area contributed by atoms with Gasteiger partial charge in [-0.25, -0.2) is 4.98 Å². The quantitative estimate of drug-likeness (QED) is 0.899. The van der Waals surface area contributed by atoms with Gasteiger partial charge in [-0.15, -0.1) is 0 Å². The molecule has 2 aromatic rings. The molecule has 13 heavy (non-hydrogen) atoms. The molecule has 0 aliphatic rings. The van der Waals surface area contributed by atoms with Crippen LogP contribution in [0.2, 0.25) is 0 Å². The van der Waals surface area contributed by atoms with E-state index in [1.165, 1.54) is 15.7 Å². The Hall–Kier alpha value is -0.610. The highest BCUT2D eigenvalue weighted by Crippen LogP contribution is 2.22. The molecule has 2 rings (SSSR count). The smallest absolute Gasteiger partial charge is 0.0921 e. The topological polar surface area (TPSA) is 28.7 Å². The van der Waals surface area contributed by atoms with Crippen molar-refractivity contribution in [3.05, 3.63) is 39.0 Å². The van der Waals surface area contributed by atoms with Crippen molar-refractivity contribution < 1.29 is 0 Å². The fourth-order valence-corrected chi connectivity index (χ4v) is 2.71. The van der Waals surface area contributed by atoms with Gasteiger partial charge < -0.3 is 4.98 Å². The van der Waals surface area contributed by atoms with Crippen molar-refractivity contribution >= 4 is 27.3 Å². The van der Waals surface area contributed by atoms with E-state index >= 15 is 0 Å². The Kier molecular flexibility index (Phi) is 2.80. The number of aryl methyl sites for hydroxylation is 2. The molecule has 0 fully saturated rings. The average Bonchev–Trinajstić information content (AvgIpc) is 2.72. The molecule has 68 valence electrons. The van der Waals surface area contributed by atoms with Crippen molar-refractivity contribution in [3.63, 3.8) is 0 Å². The van der Waals surface area contributed by atoms with Crippen LogP contribution in [0.5, 0.6) is 0 Å². The van der Waals surface area contributed by atoms with E-state index in [1.807, 2.05) is 6.20 Å². The Bertz CT molecular complexity index is 367. The summed E-state index contributed by atoms with van der Waals surface area (Å²) in [6.45, 7) is 0. The molecule has 0 unspecified atom stereocenters. The fourth-order valence-electron chi connectivity index (χ4n) is 1.18. The van der Waals surface area contributed by atoms with Gasteiger partial charge in [0.25, 0.3) is 0 Å². The van der Waals surface area contributed by atoms with Crippen LogP contribution in [-0.4, -0.2) is 9.97 Å². The first kappa shape index (κ1) is 8.97. The normalized spacial score (nSPS) is 10.5. The molecule has 2 nitrogen and oxygen atoms in total. The molecule has 0 radical (unpaired) electrons. The number of imidazole rings is 1. The van der Waals surface area contributed by atoms with Gasteiger partial charge in [-0.2, -0.15) is 11.3 Å². The minimum absolute atomic E-state index is 1.02. The van der Waals surface area contributed by atoms with Crippen LogP contribution in [0.25, 0.3) is 0 Å².